The summed E-state index contributed by atoms with van der Waals surface area (Å²) < 4.78 is 5.30. The van der Waals surface area contributed by atoms with Crippen molar-refractivity contribution in [3.63, 3.8) is 0 Å². The highest BCUT2D eigenvalue weighted by Crippen LogP contribution is 2.22. The van der Waals surface area contributed by atoms with Crippen molar-refractivity contribution in [2.45, 2.75) is 52.3 Å². The maximum absolute atomic E-state index is 12.2. The summed E-state index contributed by atoms with van der Waals surface area (Å²) >= 11 is 0. The molecular weight excluding hydrogens is 276 g/mol. The number of nitrogens with zero attached hydrogens (tertiary/aromatic N) is 2. The van der Waals surface area contributed by atoms with Gasteiger partial charge >= 0.3 is 12.2 Å². The van der Waals surface area contributed by atoms with E-state index in [1.165, 1.54) is 9.80 Å². The van der Waals surface area contributed by atoms with Gasteiger partial charge < -0.3 is 19.5 Å². The highest BCUT2D eigenvalue weighted by Gasteiger charge is 2.41. The SMILES string of the molecule is CC(C)[C@H]1CN(C(=O)OC(C)(C)C)[C@@H](C=O)CN1C(=O)O. The number of piperazine rings is 1. The third-order valence-electron chi connectivity index (χ3n) is 3.37. The van der Waals surface area contributed by atoms with E-state index in [0.717, 1.165) is 0 Å². The van der Waals surface area contributed by atoms with E-state index in [-0.39, 0.29) is 25.0 Å². The molecule has 1 aliphatic rings. The van der Waals surface area contributed by atoms with E-state index in [1.54, 1.807) is 20.8 Å². The molecule has 1 fully saturated rings. The fraction of sp³-hybridized carbons (Fsp3) is 0.786. The first-order valence-corrected chi connectivity index (χ1v) is 7.01. The molecule has 7 nitrogen and oxygen atoms in total. The van der Waals surface area contributed by atoms with Gasteiger partial charge in [0.2, 0.25) is 0 Å². The maximum atomic E-state index is 12.2. The van der Waals surface area contributed by atoms with Crippen LogP contribution >= 0.6 is 0 Å². The first-order chi connectivity index (χ1) is 9.56. The molecule has 0 aromatic rings. The van der Waals surface area contributed by atoms with Gasteiger partial charge in [0.25, 0.3) is 0 Å². The van der Waals surface area contributed by atoms with E-state index in [2.05, 4.69) is 0 Å². The third kappa shape index (κ3) is 4.34. The molecule has 0 unspecified atom stereocenters. The van der Waals surface area contributed by atoms with Crippen LogP contribution < -0.4 is 0 Å². The van der Waals surface area contributed by atoms with E-state index >= 15 is 0 Å². The van der Waals surface area contributed by atoms with Crippen LogP contribution in [0.15, 0.2) is 0 Å². The molecule has 1 heterocycles. The van der Waals surface area contributed by atoms with Gasteiger partial charge in [-0.25, -0.2) is 9.59 Å². The van der Waals surface area contributed by atoms with Crippen LogP contribution in [0.25, 0.3) is 0 Å². The predicted molar refractivity (Wildman–Crippen MR) is 76.1 cm³/mol. The summed E-state index contributed by atoms with van der Waals surface area (Å²) in [5.74, 6) is 0.0265. The highest BCUT2D eigenvalue weighted by molar-refractivity contribution is 5.76. The zero-order valence-electron chi connectivity index (χ0n) is 13.2. The molecule has 1 saturated heterocycles. The van der Waals surface area contributed by atoms with Crippen LogP contribution in [0.1, 0.15) is 34.6 Å². The molecule has 1 N–H and O–H groups in total. The molecule has 0 saturated carbocycles. The summed E-state index contributed by atoms with van der Waals surface area (Å²) in [7, 11) is 0. The number of ether oxygens (including phenoxy) is 1. The number of aldehydes is 1. The van der Waals surface area contributed by atoms with E-state index in [0.29, 0.717) is 6.29 Å². The molecule has 0 aromatic carbocycles. The van der Waals surface area contributed by atoms with Gasteiger partial charge in [-0.1, -0.05) is 13.8 Å². The first kappa shape index (κ1) is 17.3. The largest absolute Gasteiger partial charge is 0.465 e. The summed E-state index contributed by atoms with van der Waals surface area (Å²) in [6.45, 7) is 9.13. The average Bonchev–Trinajstić information content (AvgIpc) is 2.34. The van der Waals surface area contributed by atoms with Gasteiger partial charge in [0.15, 0.2) is 0 Å². The number of rotatable bonds is 2. The maximum Gasteiger partial charge on any atom is 0.411 e. The smallest absolute Gasteiger partial charge is 0.411 e. The van der Waals surface area contributed by atoms with Gasteiger partial charge in [-0.3, -0.25) is 4.90 Å². The van der Waals surface area contributed by atoms with Gasteiger partial charge in [-0.15, -0.1) is 0 Å². The van der Waals surface area contributed by atoms with Crippen molar-refractivity contribution >= 4 is 18.5 Å². The van der Waals surface area contributed by atoms with E-state index in [1.807, 2.05) is 13.8 Å². The second kappa shape index (κ2) is 6.32. The summed E-state index contributed by atoms with van der Waals surface area (Å²) in [6.07, 6.45) is -1.07. The summed E-state index contributed by atoms with van der Waals surface area (Å²) in [5, 5.41) is 9.26. The molecule has 2 atom stereocenters. The molecule has 1 aliphatic heterocycles. The number of hydrogen-bond acceptors (Lipinski definition) is 4. The lowest BCUT2D eigenvalue weighted by molar-refractivity contribution is -0.115. The van der Waals surface area contributed by atoms with Gasteiger partial charge in [0.1, 0.15) is 17.9 Å². The van der Waals surface area contributed by atoms with Crippen molar-refractivity contribution in [3.8, 4) is 0 Å². The van der Waals surface area contributed by atoms with Crippen LogP contribution in [0.3, 0.4) is 0 Å². The van der Waals surface area contributed by atoms with E-state index in [9.17, 15) is 19.5 Å². The molecule has 0 spiro atoms. The van der Waals surface area contributed by atoms with Crippen molar-refractivity contribution < 1.29 is 24.2 Å². The fourth-order valence-electron chi connectivity index (χ4n) is 2.31. The van der Waals surface area contributed by atoms with E-state index in [4.69, 9.17) is 4.74 Å². The third-order valence-corrected chi connectivity index (χ3v) is 3.37. The lowest BCUT2D eigenvalue weighted by atomic mass is 9.98. The minimum absolute atomic E-state index is 0.0265. The van der Waals surface area contributed by atoms with Crippen LogP contribution in [0.5, 0.6) is 0 Å². The summed E-state index contributed by atoms with van der Waals surface area (Å²) in [5.41, 5.74) is -0.665. The fourth-order valence-corrected chi connectivity index (χ4v) is 2.31. The molecule has 7 heteroatoms. The normalized spacial score (nSPS) is 23.1. The Bertz CT molecular complexity index is 416. The number of carbonyl (C=O) groups is 3. The Kier molecular flexibility index (Phi) is 5.20. The minimum atomic E-state index is -1.08. The molecule has 1 rings (SSSR count). The Hall–Kier alpha value is -1.79. The molecule has 0 bridgehead atoms. The molecule has 21 heavy (non-hydrogen) atoms. The van der Waals surface area contributed by atoms with Crippen LogP contribution in [0, 0.1) is 5.92 Å². The Morgan fingerprint density at radius 1 is 1.24 bits per heavy atom. The summed E-state index contributed by atoms with van der Waals surface area (Å²) in [4.78, 5) is 37.3. The van der Waals surface area contributed by atoms with Crippen LogP contribution in [0.4, 0.5) is 9.59 Å². The molecular formula is C14H24N2O5. The molecule has 120 valence electrons. The van der Waals surface area contributed by atoms with Gasteiger partial charge in [0, 0.05) is 6.54 Å². The lowest BCUT2D eigenvalue weighted by Gasteiger charge is -2.44. The Labute approximate surface area is 124 Å². The lowest BCUT2D eigenvalue weighted by Crippen LogP contribution is -2.63. The molecule has 0 aliphatic carbocycles. The van der Waals surface area contributed by atoms with Gasteiger partial charge in [-0.2, -0.15) is 0 Å². The highest BCUT2D eigenvalue weighted by atomic mass is 16.6. The van der Waals surface area contributed by atoms with Crippen LogP contribution in [-0.2, 0) is 9.53 Å². The molecule has 0 aromatic heterocycles. The topological polar surface area (TPSA) is 87.2 Å². The zero-order valence-corrected chi connectivity index (χ0v) is 13.2. The van der Waals surface area contributed by atoms with Gasteiger partial charge in [-0.05, 0) is 26.7 Å². The van der Waals surface area contributed by atoms with Crippen LogP contribution in [0.2, 0.25) is 0 Å². The first-order valence-electron chi connectivity index (χ1n) is 7.01. The molecule has 2 amide bonds. The Balaban J connectivity index is 2.96. The van der Waals surface area contributed by atoms with Crippen molar-refractivity contribution in [1.29, 1.82) is 0 Å². The number of carboxylic acid groups (broad SMARTS) is 1. The standard InChI is InChI=1S/C14H24N2O5/c1-9(2)11-7-15(13(20)21-14(3,4)5)10(8-17)6-16(11)12(18)19/h8-11H,6-7H2,1-5H3,(H,18,19)/t10-,11-/m1/s1. The number of amides is 2. The van der Waals surface area contributed by atoms with Crippen LogP contribution in [-0.4, -0.2) is 64.2 Å². The van der Waals surface area contributed by atoms with Gasteiger partial charge in [0.05, 0.1) is 12.6 Å². The Morgan fingerprint density at radius 3 is 2.19 bits per heavy atom. The molecule has 0 radical (unpaired) electrons. The van der Waals surface area contributed by atoms with Crippen molar-refractivity contribution in [2.75, 3.05) is 13.1 Å². The van der Waals surface area contributed by atoms with E-state index < -0.39 is 23.8 Å². The minimum Gasteiger partial charge on any atom is -0.465 e. The summed E-state index contributed by atoms with van der Waals surface area (Å²) in [6, 6.07) is -1.17. The monoisotopic (exact) mass is 300 g/mol. The predicted octanol–water partition coefficient (Wildman–Crippen LogP) is 1.81. The number of carbonyl (C=O) groups excluding carboxylic acids is 2. The zero-order chi connectivity index (χ0) is 16.4. The quantitative estimate of drug-likeness (QED) is 0.786. The van der Waals surface area contributed by atoms with Crippen molar-refractivity contribution in [1.82, 2.24) is 9.80 Å². The number of hydrogen-bond donors (Lipinski definition) is 1. The second-order valence-corrected chi connectivity index (χ2v) is 6.58. The Morgan fingerprint density at radius 2 is 1.81 bits per heavy atom. The second-order valence-electron chi connectivity index (χ2n) is 6.58. The van der Waals surface area contributed by atoms with Crippen molar-refractivity contribution in [2.24, 2.45) is 5.92 Å². The van der Waals surface area contributed by atoms with Crippen molar-refractivity contribution in [3.05, 3.63) is 0 Å². The average molecular weight is 300 g/mol.